The zero-order chi connectivity index (χ0) is 22.4. The molecule has 2 amide bonds. The van der Waals surface area contributed by atoms with E-state index >= 15 is 0 Å². The summed E-state index contributed by atoms with van der Waals surface area (Å²) in [4.78, 5) is 27.0. The van der Waals surface area contributed by atoms with Crippen LogP contribution in [0.3, 0.4) is 0 Å². The van der Waals surface area contributed by atoms with Crippen molar-refractivity contribution in [3.63, 3.8) is 0 Å². The average Bonchev–Trinajstić information content (AvgIpc) is 2.74. The van der Waals surface area contributed by atoms with E-state index in [-0.39, 0.29) is 18.0 Å². The van der Waals surface area contributed by atoms with Crippen LogP contribution in [-0.2, 0) is 22.5 Å². The highest BCUT2D eigenvalue weighted by Gasteiger charge is 2.32. The van der Waals surface area contributed by atoms with E-state index in [1.807, 2.05) is 26.8 Å². The molecule has 170 valence electrons. The first-order valence-electron chi connectivity index (χ1n) is 11.1. The van der Waals surface area contributed by atoms with E-state index in [1.165, 1.54) is 11.1 Å². The first-order chi connectivity index (χ1) is 15.0. The van der Waals surface area contributed by atoms with Gasteiger partial charge in [0.15, 0.2) is 11.5 Å². The van der Waals surface area contributed by atoms with E-state index in [1.54, 1.807) is 6.92 Å². The minimum atomic E-state index is -0.380. The highest BCUT2D eigenvalue weighted by atomic mass is 16.5. The molecule has 0 saturated carbocycles. The predicted molar refractivity (Wildman–Crippen MR) is 117 cm³/mol. The van der Waals surface area contributed by atoms with Crippen molar-refractivity contribution in [1.82, 2.24) is 15.5 Å². The molecule has 3 rings (SSSR count). The van der Waals surface area contributed by atoms with Crippen molar-refractivity contribution >= 4 is 12.0 Å². The van der Waals surface area contributed by atoms with Crippen LogP contribution in [0, 0.1) is 0 Å². The number of carbonyl (C=O) groups excluding carboxylic acids is 2. The van der Waals surface area contributed by atoms with Gasteiger partial charge in [-0.2, -0.15) is 0 Å². The summed E-state index contributed by atoms with van der Waals surface area (Å²) in [6.45, 7) is 11.1. The molecule has 0 saturated heterocycles. The molecular formula is C23H33N3O5. The van der Waals surface area contributed by atoms with Crippen molar-refractivity contribution in [2.24, 2.45) is 0 Å². The fraction of sp³-hybridized carbons (Fsp3) is 0.565. The van der Waals surface area contributed by atoms with Crippen molar-refractivity contribution in [3.05, 3.63) is 34.5 Å². The Hall–Kier alpha value is -2.74. The van der Waals surface area contributed by atoms with Crippen molar-refractivity contribution in [2.75, 3.05) is 32.9 Å². The van der Waals surface area contributed by atoms with Crippen LogP contribution >= 0.6 is 0 Å². The molecule has 8 nitrogen and oxygen atoms in total. The summed E-state index contributed by atoms with van der Waals surface area (Å²) in [7, 11) is 0. The number of rotatable bonds is 9. The van der Waals surface area contributed by atoms with Crippen LogP contribution in [-0.4, -0.2) is 55.9 Å². The fourth-order valence-electron chi connectivity index (χ4n) is 4.10. The zero-order valence-corrected chi connectivity index (χ0v) is 18.9. The normalized spacial score (nSPS) is 18.7. The van der Waals surface area contributed by atoms with Gasteiger partial charge in [-0.05, 0) is 56.9 Å². The van der Waals surface area contributed by atoms with Gasteiger partial charge in [0, 0.05) is 25.3 Å². The van der Waals surface area contributed by atoms with Gasteiger partial charge in [-0.25, -0.2) is 9.59 Å². The third kappa shape index (κ3) is 5.31. The van der Waals surface area contributed by atoms with Gasteiger partial charge in [0.1, 0.15) is 0 Å². The van der Waals surface area contributed by atoms with Crippen LogP contribution in [0.25, 0.3) is 0 Å². The molecule has 0 aliphatic carbocycles. The Labute approximate surface area is 183 Å². The van der Waals surface area contributed by atoms with E-state index in [2.05, 4.69) is 21.6 Å². The Morgan fingerprint density at radius 3 is 2.35 bits per heavy atom. The Morgan fingerprint density at radius 1 is 1.06 bits per heavy atom. The van der Waals surface area contributed by atoms with Gasteiger partial charge in [0.2, 0.25) is 0 Å². The number of hydrogen-bond donors (Lipinski definition) is 2. The largest absolute Gasteiger partial charge is 0.490 e. The van der Waals surface area contributed by atoms with E-state index in [0.29, 0.717) is 50.6 Å². The smallest absolute Gasteiger partial charge is 0.337 e. The molecule has 1 aromatic rings. The molecular weight excluding hydrogens is 398 g/mol. The first-order valence-corrected chi connectivity index (χ1v) is 11.1. The summed E-state index contributed by atoms with van der Waals surface area (Å²) in [5.41, 5.74) is 3.54. The zero-order valence-electron chi connectivity index (χ0n) is 18.9. The summed E-state index contributed by atoms with van der Waals surface area (Å²) < 4.78 is 16.8. The van der Waals surface area contributed by atoms with E-state index < -0.39 is 0 Å². The topological polar surface area (TPSA) is 89.1 Å². The maximum atomic E-state index is 12.6. The fourth-order valence-corrected chi connectivity index (χ4v) is 4.10. The van der Waals surface area contributed by atoms with E-state index in [0.717, 1.165) is 24.5 Å². The molecule has 0 aromatic heterocycles. The van der Waals surface area contributed by atoms with Crippen LogP contribution in [0.15, 0.2) is 23.4 Å². The lowest BCUT2D eigenvalue weighted by Gasteiger charge is -2.34. The Bertz CT molecular complexity index is 852. The monoisotopic (exact) mass is 431 g/mol. The minimum Gasteiger partial charge on any atom is -0.490 e. The van der Waals surface area contributed by atoms with Gasteiger partial charge in [0.05, 0.1) is 31.4 Å². The number of benzene rings is 1. The number of ether oxygens (including phenoxy) is 3. The molecule has 0 spiro atoms. The molecule has 1 atom stereocenters. The number of esters is 1. The highest BCUT2D eigenvalue weighted by molar-refractivity contribution is 5.94. The van der Waals surface area contributed by atoms with Crippen LogP contribution in [0.4, 0.5) is 4.79 Å². The SMILES string of the molecule is CCOC(=O)C1=C(CN2CCc3cc(OCC)c(OCC)cc3C2)NC(=O)N[C@@H]1CC. The summed E-state index contributed by atoms with van der Waals surface area (Å²) in [6, 6.07) is 3.49. The Balaban J connectivity index is 1.85. The predicted octanol–water partition coefficient (Wildman–Crippen LogP) is 2.75. The van der Waals surface area contributed by atoms with E-state index in [9.17, 15) is 9.59 Å². The Morgan fingerprint density at radius 2 is 1.74 bits per heavy atom. The molecule has 2 N–H and O–H groups in total. The van der Waals surface area contributed by atoms with Crippen molar-refractivity contribution < 1.29 is 23.8 Å². The molecule has 0 unspecified atom stereocenters. The molecule has 0 bridgehead atoms. The summed E-state index contributed by atoms with van der Waals surface area (Å²) >= 11 is 0. The minimum absolute atomic E-state index is 0.285. The second kappa shape index (κ2) is 10.5. The number of hydrogen-bond acceptors (Lipinski definition) is 6. The molecule has 0 radical (unpaired) electrons. The van der Waals surface area contributed by atoms with Crippen LogP contribution in [0.2, 0.25) is 0 Å². The second-order valence-corrected chi connectivity index (χ2v) is 7.57. The molecule has 8 heteroatoms. The summed E-state index contributed by atoms with van der Waals surface area (Å²) in [5.74, 6) is 1.15. The molecule has 2 aliphatic heterocycles. The molecule has 2 heterocycles. The van der Waals surface area contributed by atoms with Gasteiger partial charge in [0.25, 0.3) is 0 Å². The lowest BCUT2D eigenvalue weighted by molar-refractivity contribution is -0.139. The maximum absolute atomic E-state index is 12.6. The quantitative estimate of drug-likeness (QED) is 0.585. The van der Waals surface area contributed by atoms with Gasteiger partial charge >= 0.3 is 12.0 Å². The number of nitrogens with zero attached hydrogens (tertiary/aromatic N) is 1. The molecule has 0 fully saturated rings. The average molecular weight is 432 g/mol. The third-order valence-electron chi connectivity index (χ3n) is 5.49. The highest BCUT2D eigenvalue weighted by Crippen LogP contribution is 2.34. The third-order valence-corrected chi connectivity index (χ3v) is 5.49. The number of fused-ring (bicyclic) bond motifs is 1. The number of carbonyl (C=O) groups is 2. The number of urea groups is 1. The van der Waals surface area contributed by atoms with Crippen molar-refractivity contribution in [1.29, 1.82) is 0 Å². The van der Waals surface area contributed by atoms with Gasteiger partial charge < -0.3 is 24.8 Å². The standard InChI is InChI=1S/C23H33N3O5/c1-5-17-21(22(27)31-8-4)18(25-23(28)24-17)14-26-10-9-15-11-19(29-6-2)20(30-7-3)12-16(15)13-26/h11-12,17H,5-10,13-14H2,1-4H3,(H2,24,25,28)/t17-/m1/s1. The van der Waals surface area contributed by atoms with Gasteiger partial charge in [-0.1, -0.05) is 6.92 Å². The molecule has 2 aliphatic rings. The second-order valence-electron chi connectivity index (χ2n) is 7.57. The molecule has 1 aromatic carbocycles. The van der Waals surface area contributed by atoms with Crippen LogP contribution in [0.5, 0.6) is 11.5 Å². The summed E-state index contributed by atoms with van der Waals surface area (Å²) in [6.07, 6.45) is 1.47. The van der Waals surface area contributed by atoms with Crippen molar-refractivity contribution in [3.8, 4) is 11.5 Å². The van der Waals surface area contributed by atoms with Gasteiger partial charge in [-0.15, -0.1) is 0 Å². The maximum Gasteiger partial charge on any atom is 0.337 e. The van der Waals surface area contributed by atoms with Crippen molar-refractivity contribution in [2.45, 2.75) is 53.1 Å². The Kier molecular flexibility index (Phi) is 7.79. The first kappa shape index (κ1) is 22.9. The summed E-state index contributed by atoms with van der Waals surface area (Å²) in [5, 5.41) is 5.66. The lowest BCUT2D eigenvalue weighted by atomic mass is 9.97. The van der Waals surface area contributed by atoms with Gasteiger partial charge in [-0.3, -0.25) is 4.90 Å². The van der Waals surface area contributed by atoms with Crippen LogP contribution < -0.4 is 20.1 Å². The number of nitrogens with one attached hydrogen (secondary N) is 2. The molecule has 31 heavy (non-hydrogen) atoms. The number of amides is 2. The van der Waals surface area contributed by atoms with Crippen LogP contribution in [0.1, 0.15) is 45.2 Å². The van der Waals surface area contributed by atoms with E-state index in [4.69, 9.17) is 14.2 Å². The lowest BCUT2D eigenvalue weighted by Crippen LogP contribution is -2.52.